The fourth-order valence-electron chi connectivity index (χ4n) is 1.92. The molecule has 1 amide bonds. The molecule has 0 saturated heterocycles. The summed E-state index contributed by atoms with van der Waals surface area (Å²) in [6.07, 6.45) is 0. The molecule has 0 saturated carbocycles. The monoisotopic (exact) mass is 322 g/mol. The Morgan fingerprint density at radius 2 is 1.90 bits per heavy atom. The minimum Gasteiger partial charge on any atom is -0.381 e. The van der Waals surface area contributed by atoms with Gasteiger partial charge in [-0.05, 0) is 42.3 Å². The maximum Gasteiger partial charge on any atom is 0.221 e. The minimum atomic E-state index is -0.0870. The number of aryl methyl sites for hydroxylation is 1. The summed E-state index contributed by atoms with van der Waals surface area (Å²) < 4.78 is 0. The van der Waals surface area contributed by atoms with Gasteiger partial charge in [-0.2, -0.15) is 0 Å². The van der Waals surface area contributed by atoms with E-state index in [9.17, 15) is 4.79 Å². The average Bonchev–Trinajstić information content (AvgIpc) is 2.40. The van der Waals surface area contributed by atoms with E-state index in [4.69, 9.17) is 23.2 Å². The molecule has 2 N–H and O–H groups in total. The number of rotatable bonds is 4. The van der Waals surface area contributed by atoms with Gasteiger partial charge in [0.15, 0.2) is 0 Å². The predicted molar refractivity (Wildman–Crippen MR) is 89.3 cm³/mol. The fraction of sp³-hybridized carbons (Fsp3) is 0.188. The van der Waals surface area contributed by atoms with E-state index < -0.39 is 0 Å². The van der Waals surface area contributed by atoms with Crippen molar-refractivity contribution in [1.82, 2.24) is 0 Å². The molecule has 0 unspecified atom stereocenters. The molecular weight excluding hydrogens is 307 g/mol. The Kier molecular flexibility index (Phi) is 5.10. The van der Waals surface area contributed by atoms with Gasteiger partial charge in [0.2, 0.25) is 5.91 Å². The highest BCUT2D eigenvalue weighted by Gasteiger charge is 2.04. The van der Waals surface area contributed by atoms with Crippen molar-refractivity contribution in [2.45, 2.75) is 20.4 Å². The smallest absolute Gasteiger partial charge is 0.221 e. The summed E-state index contributed by atoms with van der Waals surface area (Å²) in [7, 11) is 0. The van der Waals surface area contributed by atoms with Crippen LogP contribution >= 0.6 is 23.2 Å². The van der Waals surface area contributed by atoms with Crippen LogP contribution in [0.5, 0.6) is 0 Å². The lowest BCUT2D eigenvalue weighted by Crippen LogP contribution is -2.08. The third-order valence-electron chi connectivity index (χ3n) is 3.05. The molecule has 0 fully saturated rings. The molecular formula is C16H16Cl2N2O. The van der Waals surface area contributed by atoms with Gasteiger partial charge in [-0.15, -0.1) is 0 Å². The van der Waals surface area contributed by atoms with E-state index in [0.717, 1.165) is 22.5 Å². The molecule has 0 aliphatic rings. The number of carbonyl (C=O) groups is 1. The molecule has 2 rings (SSSR count). The lowest BCUT2D eigenvalue weighted by Gasteiger charge is -2.12. The number of carbonyl (C=O) groups excluding carboxylic acids is 1. The van der Waals surface area contributed by atoms with Crippen LogP contribution in [0.2, 0.25) is 10.0 Å². The van der Waals surface area contributed by atoms with E-state index in [2.05, 4.69) is 10.6 Å². The summed E-state index contributed by atoms with van der Waals surface area (Å²) >= 11 is 12.0. The molecule has 2 aromatic rings. The topological polar surface area (TPSA) is 41.1 Å². The van der Waals surface area contributed by atoms with Crippen LogP contribution in [0.15, 0.2) is 36.4 Å². The van der Waals surface area contributed by atoms with Crippen molar-refractivity contribution in [1.29, 1.82) is 0 Å². The predicted octanol–water partition coefficient (Wildman–Crippen LogP) is 4.87. The van der Waals surface area contributed by atoms with Crippen molar-refractivity contribution in [3.63, 3.8) is 0 Å². The van der Waals surface area contributed by atoms with Crippen LogP contribution in [0.1, 0.15) is 18.1 Å². The molecule has 2 aromatic carbocycles. The Labute approximate surface area is 134 Å². The molecule has 0 heterocycles. The first-order valence-corrected chi connectivity index (χ1v) is 7.27. The zero-order valence-electron chi connectivity index (χ0n) is 11.8. The van der Waals surface area contributed by atoms with Gasteiger partial charge in [0.1, 0.15) is 0 Å². The van der Waals surface area contributed by atoms with Gasteiger partial charge in [-0.1, -0.05) is 35.3 Å². The van der Waals surface area contributed by atoms with Crippen LogP contribution in [0, 0.1) is 6.92 Å². The number of hydrogen-bond donors (Lipinski definition) is 2. The lowest BCUT2D eigenvalue weighted by atomic mass is 10.1. The van der Waals surface area contributed by atoms with Gasteiger partial charge >= 0.3 is 0 Å². The number of hydrogen-bond acceptors (Lipinski definition) is 2. The summed E-state index contributed by atoms with van der Waals surface area (Å²) in [5.41, 5.74) is 3.69. The summed E-state index contributed by atoms with van der Waals surface area (Å²) in [4.78, 5) is 11.2. The molecule has 5 heteroatoms. The second kappa shape index (κ2) is 6.83. The Balaban J connectivity index is 2.11. The number of benzene rings is 2. The summed E-state index contributed by atoms with van der Waals surface area (Å²) in [5, 5.41) is 7.34. The standard InChI is InChI=1S/C16H16Cl2N2O/c1-10-3-6-14(8-16(10)20-11(2)21)19-9-12-4-5-13(17)7-15(12)18/h3-8,19H,9H2,1-2H3,(H,20,21). The second-order valence-electron chi connectivity index (χ2n) is 4.80. The van der Waals surface area contributed by atoms with Crippen LogP contribution in [-0.4, -0.2) is 5.91 Å². The maximum absolute atomic E-state index is 11.2. The fourth-order valence-corrected chi connectivity index (χ4v) is 2.39. The number of anilines is 2. The molecule has 0 atom stereocenters. The Morgan fingerprint density at radius 1 is 1.14 bits per heavy atom. The van der Waals surface area contributed by atoms with Gasteiger partial charge in [-0.25, -0.2) is 0 Å². The highest BCUT2D eigenvalue weighted by atomic mass is 35.5. The summed E-state index contributed by atoms with van der Waals surface area (Å²) in [6.45, 7) is 4.02. The quantitative estimate of drug-likeness (QED) is 0.842. The normalized spacial score (nSPS) is 10.3. The van der Waals surface area contributed by atoms with E-state index in [1.807, 2.05) is 37.3 Å². The van der Waals surface area contributed by atoms with Gasteiger partial charge in [0.25, 0.3) is 0 Å². The molecule has 110 valence electrons. The van der Waals surface area contributed by atoms with E-state index in [0.29, 0.717) is 16.6 Å². The van der Waals surface area contributed by atoms with Crippen molar-refractivity contribution in [2.75, 3.05) is 10.6 Å². The zero-order valence-corrected chi connectivity index (χ0v) is 13.3. The molecule has 0 bridgehead atoms. The number of amides is 1. The highest BCUT2D eigenvalue weighted by molar-refractivity contribution is 6.35. The number of halogens is 2. The Morgan fingerprint density at radius 3 is 2.57 bits per heavy atom. The van der Waals surface area contributed by atoms with E-state index in [1.165, 1.54) is 6.92 Å². The van der Waals surface area contributed by atoms with Crippen LogP contribution in [0.3, 0.4) is 0 Å². The minimum absolute atomic E-state index is 0.0870. The molecule has 21 heavy (non-hydrogen) atoms. The van der Waals surface area contributed by atoms with Crippen molar-refractivity contribution in [2.24, 2.45) is 0 Å². The maximum atomic E-state index is 11.2. The summed E-state index contributed by atoms with van der Waals surface area (Å²) in [5.74, 6) is -0.0870. The lowest BCUT2D eigenvalue weighted by molar-refractivity contribution is -0.114. The number of nitrogens with one attached hydrogen (secondary N) is 2. The average molecular weight is 323 g/mol. The Hall–Kier alpha value is -1.71. The highest BCUT2D eigenvalue weighted by Crippen LogP contribution is 2.24. The second-order valence-corrected chi connectivity index (χ2v) is 5.64. The van der Waals surface area contributed by atoms with Crippen LogP contribution in [-0.2, 0) is 11.3 Å². The Bertz CT molecular complexity index is 671. The van der Waals surface area contributed by atoms with E-state index in [1.54, 1.807) is 6.07 Å². The van der Waals surface area contributed by atoms with Crippen LogP contribution in [0.4, 0.5) is 11.4 Å². The molecule has 3 nitrogen and oxygen atoms in total. The van der Waals surface area contributed by atoms with Crippen LogP contribution < -0.4 is 10.6 Å². The third kappa shape index (κ3) is 4.38. The first-order valence-electron chi connectivity index (χ1n) is 6.52. The first kappa shape index (κ1) is 15.7. The zero-order chi connectivity index (χ0) is 15.4. The summed E-state index contributed by atoms with van der Waals surface area (Å²) in [6, 6.07) is 11.2. The van der Waals surface area contributed by atoms with Gasteiger partial charge in [0, 0.05) is 34.9 Å². The van der Waals surface area contributed by atoms with Gasteiger partial charge < -0.3 is 10.6 Å². The van der Waals surface area contributed by atoms with Crippen molar-refractivity contribution < 1.29 is 4.79 Å². The third-order valence-corrected chi connectivity index (χ3v) is 3.63. The van der Waals surface area contributed by atoms with Crippen molar-refractivity contribution in [3.8, 4) is 0 Å². The van der Waals surface area contributed by atoms with Gasteiger partial charge in [0.05, 0.1) is 0 Å². The van der Waals surface area contributed by atoms with E-state index >= 15 is 0 Å². The van der Waals surface area contributed by atoms with Gasteiger partial charge in [-0.3, -0.25) is 4.79 Å². The molecule has 0 aliphatic heterocycles. The van der Waals surface area contributed by atoms with Crippen LogP contribution in [0.25, 0.3) is 0 Å². The SMILES string of the molecule is CC(=O)Nc1cc(NCc2ccc(Cl)cc2Cl)ccc1C. The van der Waals surface area contributed by atoms with Crippen molar-refractivity contribution in [3.05, 3.63) is 57.6 Å². The molecule has 0 aromatic heterocycles. The molecule has 0 spiro atoms. The van der Waals surface area contributed by atoms with Crippen molar-refractivity contribution >= 4 is 40.5 Å². The first-order chi connectivity index (χ1) is 9.95. The molecule has 0 radical (unpaired) electrons. The largest absolute Gasteiger partial charge is 0.381 e. The van der Waals surface area contributed by atoms with E-state index in [-0.39, 0.29) is 5.91 Å². The molecule has 0 aliphatic carbocycles.